The molecule has 0 aliphatic rings. The van der Waals surface area contributed by atoms with E-state index in [1.807, 2.05) is 6.92 Å². The Morgan fingerprint density at radius 1 is 1.00 bits per heavy atom. The van der Waals surface area contributed by atoms with Crippen LogP contribution in [0.3, 0.4) is 0 Å². The summed E-state index contributed by atoms with van der Waals surface area (Å²) in [6.45, 7) is 1.96. The maximum atomic E-state index is 4.19. The van der Waals surface area contributed by atoms with Crippen molar-refractivity contribution in [2.45, 2.75) is 13.3 Å². The molecule has 4 nitrogen and oxygen atoms in total. The molecule has 0 N–H and O–H groups in total. The predicted octanol–water partition coefficient (Wildman–Crippen LogP) is 1.17. The van der Waals surface area contributed by atoms with E-state index >= 15 is 0 Å². The number of hydrogen-bond donors (Lipinski definition) is 0. The van der Waals surface area contributed by atoms with E-state index in [1.54, 1.807) is 31.0 Å². The average molecular weight is 186 g/mol. The quantitative estimate of drug-likeness (QED) is 0.706. The van der Waals surface area contributed by atoms with Crippen molar-refractivity contribution in [2.24, 2.45) is 0 Å². The van der Waals surface area contributed by atoms with E-state index in [4.69, 9.17) is 0 Å². The third kappa shape index (κ3) is 2.10. The molecule has 0 amide bonds. The summed E-state index contributed by atoms with van der Waals surface area (Å²) in [6.07, 6.45) is 9.29. The monoisotopic (exact) mass is 186 g/mol. The van der Waals surface area contributed by atoms with Crippen molar-refractivity contribution in [1.82, 2.24) is 19.9 Å². The van der Waals surface area contributed by atoms with Crippen molar-refractivity contribution < 1.29 is 0 Å². The molecular formula is C10H10N4. The molecule has 4 heteroatoms. The van der Waals surface area contributed by atoms with E-state index in [1.165, 1.54) is 0 Å². The Morgan fingerprint density at radius 2 is 1.79 bits per heavy atom. The van der Waals surface area contributed by atoms with Gasteiger partial charge in [0.05, 0.1) is 12.1 Å². The summed E-state index contributed by atoms with van der Waals surface area (Å²) in [6, 6.07) is 0. The standard InChI is InChI=1S/C10H10N4/c1-8-5-13-10(14-6-8)4-9-7-11-2-3-12-9/h2-3,5-7H,4H2,1H3. The molecule has 0 spiro atoms. The molecule has 0 aliphatic heterocycles. The van der Waals surface area contributed by atoms with Crippen LogP contribution < -0.4 is 0 Å². The highest BCUT2D eigenvalue weighted by atomic mass is 14.9. The summed E-state index contributed by atoms with van der Waals surface area (Å²) in [7, 11) is 0. The van der Waals surface area contributed by atoms with Crippen LogP contribution in [-0.2, 0) is 6.42 Å². The van der Waals surface area contributed by atoms with Crippen molar-refractivity contribution in [3.63, 3.8) is 0 Å². The normalized spacial score (nSPS) is 10.1. The van der Waals surface area contributed by atoms with Crippen molar-refractivity contribution in [2.75, 3.05) is 0 Å². The second-order valence-corrected chi connectivity index (χ2v) is 3.05. The third-order valence-corrected chi connectivity index (χ3v) is 1.79. The lowest BCUT2D eigenvalue weighted by Gasteiger charge is -1.98. The fraction of sp³-hybridized carbons (Fsp3) is 0.200. The molecule has 0 radical (unpaired) electrons. The van der Waals surface area contributed by atoms with Crippen LogP contribution in [-0.4, -0.2) is 19.9 Å². The van der Waals surface area contributed by atoms with Crippen molar-refractivity contribution in [1.29, 1.82) is 0 Å². The van der Waals surface area contributed by atoms with E-state index in [0.29, 0.717) is 6.42 Å². The Labute approximate surface area is 82.1 Å². The molecule has 2 heterocycles. The molecule has 0 aliphatic carbocycles. The van der Waals surface area contributed by atoms with Crippen LogP contribution in [0.25, 0.3) is 0 Å². The predicted molar refractivity (Wildman–Crippen MR) is 51.6 cm³/mol. The van der Waals surface area contributed by atoms with E-state index in [9.17, 15) is 0 Å². The SMILES string of the molecule is Cc1cnc(Cc2cnccn2)nc1. The van der Waals surface area contributed by atoms with E-state index in [-0.39, 0.29) is 0 Å². The largest absolute Gasteiger partial charge is 0.261 e. The Kier molecular flexibility index (Phi) is 2.44. The summed E-state index contributed by atoms with van der Waals surface area (Å²) in [4.78, 5) is 16.5. The van der Waals surface area contributed by atoms with Gasteiger partial charge in [0, 0.05) is 31.0 Å². The van der Waals surface area contributed by atoms with Gasteiger partial charge in [-0.15, -0.1) is 0 Å². The highest BCUT2D eigenvalue weighted by molar-refractivity contribution is 5.07. The first-order valence-corrected chi connectivity index (χ1v) is 4.37. The number of nitrogens with zero attached hydrogens (tertiary/aromatic N) is 4. The van der Waals surface area contributed by atoms with Crippen LogP contribution >= 0.6 is 0 Å². The maximum absolute atomic E-state index is 4.19. The Morgan fingerprint density at radius 3 is 2.43 bits per heavy atom. The summed E-state index contributed by atoms with van der Waals surface area (Å²) in [5.74, 6) is 0.774. The van der Waals surface area contributed by atoms with Crippen LogP contribution in [0.2, 0.25) is 0 Å². The van der Waals surface area contributed by atoms with Crippen molar-refractivity contribution in [3.05, 3.63) is 48.1 Å². The molecule has 2 aromatic rings. The molecule has 70 valence electrons. The number of hydrogen-bond acceptors (Lipinski definition) is 4. The third-order valence-electron chi connectivity index (χ3n) is 1.79. The highest BCUT2D eigenvalue weighted by Crippen LogP contribution is 2.00. The first kappa shape index (κ1) is 8.74. The first-order chi connectivity index (χ1) is 6.84. The van der Waals surface area contributed by atoms with Gasteiger partial charge < -0.3 is 0 Å². The van der Waals surface area contributed by atoms with E-state index in [2.05, 4.69) is 19.9 Å². The van der Waals surface area contributed by atoms with Crippen molar-refractivity contribution in [3.8, 4) is 0 Å². The molecule has 0 unspecified atom stereocenters. The van der Waals surface area contributed by atoms with Gasteiger partial charge in [0.25, 0.3) is 0 Å². The lowest BCUT2D eigenvalue weighted by Crippen LogP contribution is -1.98. The first-order valence-electron chi connectivity index (χ1n) is 4.37. The van der Waals surface area contributed by atoms with Crippen molar-refractivity contribution >= 4 is 0 Å². The van der Waals surface area contributed by atoms with Crippen LogP contribution in [0.15, 0.2) is 31.0 Å². The van der Waals surface area contributed by atoms with Gasteiger partial charge in [0.15, 0.2) is 0 Å². The van der Waals surface area contributed by atoms with Crippen LogP contribution in [0, 0.1) is 6.92 Å². The minimum atomic E-state index is 0.633. The second kappa shape index (κ2) is 3.91. The number of rotatable bonds is 2. The van der Waals surface area contributed by atoms with Crippen LogP contribution in [0.5, 0.6) is 0 Å². The van der Waals surface area contributed by atoms with Gasteiger partial charge in [-0.2, -0.15) is 0 Å². The fourth-order valence-electron chi connectivity index (χ4n) is 1.09. The summed E-state index contributed by atoms with van der Waals surface area (Å²) in [5, 5.41) is 0. The minimum Gasteiger partial charge on any atom is -0.261 e. The van der Waals surface area contributed by atoms with Gasteiger partial charge in [0.1, 0.15) is 5.82 Å². The molecule has 0 saturated carbocycles. The highest BCUT2D eigenvalue weighted by Gasteiger charge is 1.99. The van der Waals surface area contributed by atoms with E-state index < -0.39 is 0 Å². The lowest BCUT2D eigenvalue weighted by molar-refractivity contribution is 0.915. The molecule has 2 rings (SSSR count). The Balaban J connectivity index is 2.16. The van der Waals surface area contributed by atoms with Crippen LogP contribution in [0.4, 0.5) is 0 Å². The Bertz CT molecular complexity index is 396. The van der Waals surface area contributed by atoms with Gasteiger partial charge in [-0.1, -0.05) is 0 Å². The Hall–Kier alpha value is -1.84. The molecule has 0 saturated heterocycles. The molecule has 2 aromatic heterocycles. The molecule has 0 fully saturated rings. The summed E-state index contributed by atoms with van der Waals surface area (Å²) in [5.41, 5.74) is 1.95. The smallest absolute Gasteiger partial charge is 0.134 e. The summed E-state index contributed by atoms with van der Waals surface area (Å²) >= 11 is 0. The molecule has 0 atom stereocenters. The number of aryl methyl sites for hydroxylation is 1. The van der Waals surface area contributed by atoms with Gasteiger partial charge in [0.2, 0.25) is 0 Å². The molecule has 0 bridgehead atoms. The minimum absolute atomic E-state index is 0.633. The summed E-state index contributed by atoms with van der Waals surface area (Å²) < 4.78 is 0. The molecular weight excluding hydrogens is 176 g/mol. The van der Waals surface area contributed by atoms with Gasteiger partial charge >= 0.3 is 0 Å². The average Bonchev–Trinajstić information content (AvgIpc) is 2.23. The topological polar surface area (TPSA) is 51.6 Å². The molecule has 14 heavy (non-hydrogen) atoms. The van der Waals surface area contributed by atoms with Gasteiger partial charge in [-0.25, -0.2) is 9.97 Å². The molecule has 0 aromatic carbocycles. The fourth-order valence-corrected chi connectivity index (χ4v) is 1.09. The zero-order valence-corrected chi connectivity index (χ0v) is 7.88. The zero-order chi connectivity index (χ0) is 9.80. The zero-order valence-electron chi connectivity index (χ0n) is 7.88. The van der Waals surface area contributed by atoms with Gasteiger partial charge in [-0.3, -0.25) is 9.97 Å². The van der Waals surface area contributed by atoms with Gasteiger partial charge in [-0.05, 0) is 12.5 Å². The lowest BCUT2D eigenvalue weighted by atomic mass is 10.3. The van der Waals surface area contributed by atoms with Crippen LogP contribution in [0.1, 0.15) is 17.1 Å². The van der Waals surface area contributed by atoms with E-state index in [0.717, 1.165) is 17.1 Å². The second-order valence-electron chi connectivity index (χ2n) is 3.05. The maximum Gasteiger partial charge on any atom is 0.134 e. The number of aromatic nitrogens is 4.